The topological polar surface area (TPSA) is 33.0 Å². The van der Waals surface area contributed by atoms with Crippen LogP contribution in [-0.2, 0) is 26.5 Å². The first-order chi connectivity index (χ1) is 37.2. The van der Waals surface area contributed by atoms with E-state index in [2.05, 4.69) is 261 Å². The molecule has 0 radical (unpaired) electrons. The zero-order chi connectivity index (χ0) is 50.8. The van der Waals surface area contributed by atoms with Crippen LogP contribution in [0.15, 0.2) is 219 Å². The van der Waals surface area contributed by atoms with E-state index in [9.17, 15) is 0 Å². The second kappa shape index (κ2) is 17.9. The molecular formula is C71H49N4OPt-3. The third kappa shape index (κ3) is 7.36. The van der Waals surface area contributed by atoms with E-state index in [-0.39, 0.29) is 26.5 Å². The number of anilines is 4. The van der Waals surface area contributed by atoms with Crippen LogP contribution in [-0.4, -0.2) is 9.38 Å². The van der Waals surface area contributed by atoms with Gasteiger partial charge in [0.05, 0.1) is 0 Å². The van der Waals surface area contributed by atoms with Crippen molar-refractivity contribution in [3.63, 3.8) is 0 Å². The van der Waals surface area contributed by atoms with Crippen molar-refractivity contribution in [2.45, 2.75) is 33.1 Å². The third-order valence-electron chi connectivity index (χ3n) is 15.6. The number of pyridine rings is 1. The van der Waals surface area contributed by atoms with Gasteiger partial charge in [0.1, 0.15) is 5.65 Å². The summed E-state index contributed by atoms with van der Waals surface area (Å²) in [6, 6.07) is 84.4. The zero-order valence-electron chi connectivity index (χ0n) is 42.9. The molecule has 0 amide bonds. The molecule has 5 nitrogen and oxygen atoms in total. The van der Waals surface area contributed by atoms with E-state index in [1.165, 1.54) is 38.4 Å². The first-order valence-electron chi connectivity index (χ1n) is 26.1. The van der Waals surface area contributed by atoms with Gasteiger partial charge in [-0.2, -0.15) is 12.1 Å². The van der Waals surface area contributed by atoms with Crippen LogP contribution < -0.4 is 14.5 Å². The van der Waals surface area contributed by atoms with Crippen molar-refractivity contribution >= 4 is 82.5 Å². The zero-order valence-corrected chi connectivity index (χ0v) is 45.1. The summed E-state index contributed by atoms with van der Waals surface area (Å²) in [7, 11) is 0. The monoisotopic (exact) mass is 1170 g/mol. The number of fused-ring (bicyclic) bond motifs is 15. The number of benzene rings is 10. The van der Waals surface area contributed by atoms with Gasteiger partial charge in [-0.1, -0.05) is 195 Å². The molecule has 0 saturated heterocycles. The van der Waals surface area contributed by atoms with E-state index in [0.717, 1.165) is 99.7 Å². The van der Waals surface area contributed by atoms with Gasteiger partial charge in [0.2, 0.25) is 0 Å². The fourth-order valence-corrected chi connectivity index (χ4v) is 12.2. The van der Waals surface area contributed by atoms with Gasteiger partial charge in [0, 0.05) is 88.8 Å². The standard InChI is InChI=1S/C71H49N4O.Pt/c1-44-38-61(45-18-7-5-8-19-45)67(62(39-44)46-20-9-6-10-21-46)73-43-74-65-41-48(33-36-56(65)63-40-47(71(2,3)4)31-34-54(63)58-28-16-30-64(73)69(58)74)76-49-32-35-55-59-27-15-26-57-52-24-13-11-22-50(52)51-23-12-14-25-53(51)60-29-17-37-72-70(60)75(68(57)59)66(55)42-49;/h5-40,43H,1-4H3;/q-3;. The molecule has 5 heterocycles. The summed E-state index contributed by atoms with van der Waals surface area (Å²) in [5.41, 5.74) is 18.6. The van der Waals surface area contributed by atoms with Crippen molar-refractivity contribution in [2.75, 3.05) is 9.80 Å². The second-order valence-electron chi connectivity index (χ2n) is 21.3. The molecule has 0 aliphatic carbocycles. The molecule has 3 aromatic heterocycles. The Kier molecular flexibility index (Phi) is 10.9. The van der Waals surface area contributed by atoms with Crippen LogP contribution in [0.25, 0.3) is 104 Å². The number of aromatic nitrogens is 2. The van der Waals surface area contributed by atoms with Gasteiger partial charge in [-0.15, -0.1) is 41.9 Å². The van der Waals surface area contributed by atoms with Gasteiger partial charge in [-0.25, -0.2) is 4.98 Å². The summed E-state index contributed by atoms with van der Waals surface area (Å²) in [6.45, 7) is 11.3. The number of rotatable bonds is 5. The molecule has 0 unspecified atom stereocenters. The van der Waals surface area contributed by atoms with Crippen LogP contribution >= 0.6 is 0 Å². The molecule has 10 aromatic carbocycles. The van der Waals surface area contributed by atoms with E-state index in [4.69, 9.17) is 9.72 Å². The Hall–Kier alpha value is -8.76. The quantitative estimate of drug-likeness (QED) is 0.161. The van der Waals surface area contributed by atoms with Crippen molar-refractivity contribution in [1.29, 1.82) is 0 Å². The summed E-state index contributed by atoms with van der Waals surface area (Å²) in [4.78, 5) is 9.93. The van der Waals surface area contributed by atoms with E-state index < -0.39 is 0 Å². The Morgan fingerprint density at radius 2 is 1.03 bits per heavy atom. The largest absolute Gasteiger partial charge is 0.509 e. The number of nitrogens with zero attached hydrogens (tertiary/aromatic N) is 4. The molecule has 0 N–H and O–H groups in total. The van der Waals surface area contributed by atoms with Crippen LogP contribution in [0, 0.1) is 25.7 Å². The predicted octanol–water partition coefficient (Wildman–Crippen LogP) is 19.0. The molecule has 77 heavy (non-hydrogen) atoms. The number of para-hydroxylation sites is 2. The Morgan fingerprint density at radius 1 is 0.455 bits per heavy atom. The van der Waals surface area contributed by atoms with Crippen LogP contribution in [0.1, 0.15) is 31.9 Å². The summed E-state index contributed by atoms with van der Waals surface area (Å²) in [6.07, 6.45) is 1.89. The minimum atomic E-state index is -0.0655. The number of ether oxygens (including phenoxy) is 1. The van der Waals surface area contributed by atoms with Crippen molar-refractivity contribution in [3.05, 3.63) is 248 Å². The summed E-state index contributed by atoms with van der Waals surface area (Å²) in [5, 5.41) is 9.02. The van der Waals surface area contributed by atoms with Gasteiger partial charge in [0.25, 0.3) is 0 Å². The molecule has 0 spiro atoms. The first kappa shape index (κ1) is 46.7. The van der Waals surface area contributed by atoms with Crippen molar-refractivity contribution in [3.8, 4) is 56.0 Å². The van der Waals surface area contributed by atoms with Gasteiger partial charge in [-0.05, 0) is 97.4 Å². The van der Waals surface area contributed by atoms with E-state index in [1.54, 1.807) is 0 Å². The molecule has 13 aromatic rings. The molecular weight excluding hydrogens is 1120 g/mol. The van der Waals surface area contributed by atoms with Crippen molar-refractivity contribution < 1.29 is 25.8 Å². The minimum absolute atomic E-state index is 0. The third-order valence-corrected chi connectivity index (χ3v) is 15.6. The molecule has 2 aliphatic heterocycles. The Labute approximate surface area is 462 Å². The smallest absolute Gasteiger partial charge is 0.143 e. The molecule has 6 heteroatoms. The molecule has 0 bridgehead atoms. The fraction of sp³-hybridized carbons (Fsp3) is 0.0704. The van der Waals surface area contributed by atoms with Crippen LogP contribution in [0.2, 0.25) is 0 Å². The number of aryl methyl sites for hydroxylation is 1. The van der Waals surface area contributed by atoms with E-state index in [1.807, 2.05) is 18.3 Å². The average Bonchev–Trinajstić information content (AvgIpc) is 4.15. The normalized spacial score (nSPS) is 12.7. The number of hydrogen-bond acceptors (Lipinski definition) is 4. The second-order valence-corrected chi connectivity index (χ2v) is 21.3. The number of hydrogen-bond donors (Lipinski definition) is 0. The van der Waals surface area contributed by atoms with E-state index >= 15 is 0 Å². The maximum atomic E-state index is 7.06. The molecule has 0 saturated carbocycles. The minimum Gasteiger partial charge on any atom is -0.509 e. The van der Waals surface area contributed by atoms with Gasteiger partial charge in [-0.3, -0.25) is 0 Å². The van der Waals surface area contributed by atoms with Crippen LogP contribution in [0.5, 0.6) is 11.5 Å². The van der Waals surface area contributed by atoms with Crippen molar-refractivity contribution in [2.24, 2.45) is 0 Å². The molecule has 2 aliphatic rings. The average molecular weight is 1170 g/mol. The van der Waals surface area contributed by atoms with E-state index in [0.29, 0.717) is 11.5 Å². The maximum Gasteiger partial charge on any atom is 0.143 e. The molecule has 0 fully saturated rings. The van der Waals surface area contributed by atoms with Crippen LogP contribution in [0.3, 0.4) is 0 Å². The maximum absolute atomic E-state index is 7.06. The van der Waals surface area contributed by atoms with Gasteiger partial charge in [0.15, 0.2) is 0 Å². The molecule has 0 atom stereocenters. The van der Waals surface area contributed by atoms with Gasteiger partial charge >= 0.3 is 0 Å². The Morgan fingerprint density at radius 3 is 1.71 bits per heavy atom. The Bertz CT molecular complexity index is 4530. The Balaban J connectivity index is 0.00000540. The first-order valence-corrected chi connectivity index (χ1v) is 26.1. The fourth-order valence-electron chi connectivity index (χ4n) is 12.2. The van der Waals surface area contributed by atoms with Crippen LogP contribution in [0.4, 0.5) is 22.7 Å². The van der Waals surface area contributed by atoms with Crippen molar-refractivity contribution in [1.82, 2.24) is 9.38 Å². The summed E-state index contributed by atoms with van der Waals surface area (Å²) < 4.78 is 9.36. The molecule has 15 rings (SSSR count). The SMILES string of the molecule is Cc1cc(-c2ccccc2)c(N2[CH-]N3c4[c-]c(Oc5[c-]c6c(cc5)c5cccc7c8ccccc8c8ccccc8c8cccnc8n6c75)ccc4-c4cc(C(C)(C)C)ccc4-c4cccc2c43)c(-c2ccccc2)c1.[Pt]. The summed E-state index contributed by atoms with van der Waals surface area (Å²) >= 11 is 0. The molecule has 372 valence electrons. The summed E-state index contributed by atoms with van der Waals surface area (Å²) in [5.74, 6) is 1.17. The predicted molar refractivity (Wildman–Crippen MR) is 316 cm³/mol. The van der Waals surface area contributed by atoms with Gasteiger partial charge < -0.3 is 18.9 Å².